The smallest absolute Gasteiger partial charge is 0.262 e. The number of hydrogen-bond donors (Lipinski definition) is 2. The summed E-state index contributed by atoms with van der Waals surface area (Å²) in [5.41, 5.74) is 6.36. The Morgan fingerprint density at radius 1 is 1.26 bits per heavy atom. The second-order valence-electron chi connectivity index (χ2n) is 6.48. The number of sulfonamides is 1. The van der Waals surface area contributed by atoms with Crippen LogP contribution in [-0.4, -0.2) is 46.0 Å². The standard InChI is InChI=1S/C19H23N3O4S/c1-26-18-8-3-2-7-17(18)21-27(24,25)16-6-4-5-15(11-16)19(23)22-10-9-14(12-20)13-22/h2-8,11,14,21H,9-10,12-13,20H2,1H3. The van der Waals surface area contributed by atoms with Crippen LogP contribution in [0.5, 0.6) is 5.75 Å². The molecule has 0 aromatic heterocycles. The summed E-state index contributed by atoms with van der Waals surface area (Å²) < 4.78 is 33.2. The van der Waals surface area contributed by atoms with Gasteiger partial charge < -0.3 is 15.4 Å². The molecule has 1 fully saturated rings. The molecule has 0 saturated carbocycles. The van der Waals surface area contributed by atoms with Crippen molar-refractivity contribution in [1.29, 1.82) is 0 Å². The Morgan fingerprint density at radius 2 is 2.04 bits per heavy atom. The van der Waals surface area contributed by atoms with Gasteiger partial charge in [0.05, 0.1) is 17.7 Å². The molecule has 3 rings (SSSR count). The number of carbonyl (C=O) groups is 1. The number of likely N-dealkylation sites (tertiary alicyclic amines) is 1. The van der Waals surface area contributed by atoms with Gasteiger partial charge in [-0.1, -0.05) is 18.2 Å². The maximum absolute atomic E-state index is 12.8. The number of amides is 1. The first kappa shape index (κ1) is 19.2. The van der Waals surface area contributed by atoms with Crippen LogP contribution in [0.4, 0.5) is 5.69 Å². The molecular weight excluding hydrogens is 366 g/mol. The zero-order valence-electron chi connectivity index (χ0n) is 15.1. The minimum Gasteiger partial charge on any atom is -0.495 e. The van der Waals surface area contributed by atoms with Gasteiger partial charge in [-0.3, -0.25) is 9.52 Å². The number of ether oxygens (including phenoxy) is 1. The Morgan fingerprint density at radius 3 is 2.74 bits per heavy atom. The van der Waals surface area contributed by atoms with Crippen LogP contribution in [0.3, 0.4) is 0 Å². The Bertz CT molecular complexity index is 930. The second kappa shape index (κ2) is 7.98. The largest absolute Gasteiger partial charge is 0.495 e. The summed E-state index contributed by atoms with van der Waals surface area (Å²) >= 11 is 0. The molecule has 2 aromatic rings. The van der Waals surface area contributed by atoms with Crippen LogP contribution in [0.15, 0.2) is 53.4 Å². The normalized spacial score (nSPS) is 17.0. The molecule has 1 atom stereocenters. The summed E-state index contributed by atoms with van der Waals surface area (Å²) in [4.78, 5) is 14.4. The molecule has 1 unspecified atom stereocenters. The third kappa shape index (κ3) is 4.23. The average molecular weight is 389 g/mol. The fourth-order valence-corrected chi connectivity index (χ4v) is 4.24. The molecule has 27 heavy (non-hydrogen) atoms. The van der Waals surface area contributed by atoms with Crippen molar-refractivity contribution in [3.63, 3.8) is 0 Å². The van der Waals surface area contributed by atoms with E-state index in [1.165, 1.54) is 19.2 Å². The summed E-state index contributed by atoms with van der Waals surface area (Å²) in [5, 5.41) is 0. The van der Waals surface area contributed by atoms with Crippen molar-refractivity contribution in [3.05, 3.63) is 54.1 Å². The van der Waals surface area contributed by atoms with Gasteiger partial charge >= 0.3 is 0 Å². The molecular formula is C19H23N3O4S. The topological polar surface area (TPSA) is 102 Å². The van der Waals surface area contributed by atoms with Gasteiger partial charge in [-0.05, 0) is 49.2 Å². The third-order valence-electron chi connectivity index (χ3n) is 4.65. The third-order valence-corrected chi connectivity index (χ3v) is 6.01. The summed E-state index contributed by atoms with van der Waals surface area (Å²) in [7, 11) is -2.39. The molecule has 3 N–H and O–H groups in total. The van der Waals surface area contributed by atoms with Crippen LogP contribution >= 0.6 is 0 Å². The first-order valence-corrected chi connectivity index (χ1v) is 10.2. The minimum absolute atomic E-state index is 0.0221. The SMILES string of the molecule is COc1ccccc1NS(=O)(=O)c1cccc(C(=O)N2CCC(CN)C2)c1. The highest BCUT2D eigenvalue weighted by molar-refractivity contribution is 7.92. The van der Waals surface area contributed by atoms with E-state index in [9.17, 15) is 13.2 Å². The van der Waals surface area contributed by atoms with Crippen molar-refractivity contribution in [2.45, 2.75) is 11.3 Å². The van der Waals surface area contributed by atoms with Crippen molar-refractivity contribution < 1.29 is 17.9 Å². The molecule has 1 amide bonds. The average Bonchev–Trinajstić information content (AvgIpc) is 3.17. The van der Waals surface area contributed by atoms with Crippen molar-refractivity contribution in [2.75, 3.05) is 31.5 Å². The maximum atomic E-state index is 12.8. The first-order valence-electron chi connectivity index (χ1n) is 8.70. The van der Waals surface area contributed by atoms with Crippen LogP contribution in [0.25, 0.3) is 0 Å². The highest BCUT2D eigenvalue weighted by Crippen LogP contribution is 2.26. The van der Waals surface area contributed by atoms with E-state index in [2.05, 4.69) is 4.72 Å². The monoisotopic (exact) mass is 389 g/mol. The number of carbonyl (C=O) groups excluding carboxylic acids is 1. The van der Waals surface area contributed by atoms with E-state index in [4.69, 9.17) is 10.5 Å². The van der Waals surface area contributed by atoms with Crippen molar-refractivity contribution in [3.8, 4) is 5.75 Å². The molecule has 1 aliphatic heterocycles. The number of nitrogens with zero attached hydrogens (tertiary/aromatic N) is 1. The fraction of sp³-hybridized carbons (Fsp3) is 0.316. The van der Waals surface area contributed by atoms with Crippen molar-refractivity contribution in [1.82, 2.24) is 4.90 Å². The molecule has 0 spiro atoms. The zero-order chi connectivity index (χ0) is 19.4. The zero-order valence-corrected chi connectivity index (χ0v) is 15.9. The Hall–Kier alpha value is -2.58. The van der Waals surface area contributed by atoms with E-state index in [0.717, 1.165) is 6.42 Å². The maximum Gasteiger partial charge on any atom is 0.262 e. The quantitative estimate of drug-likeness (QED) is 0.786. The van der Waals surface area contributed by atoms with E-state index in [0.29, 0.717) is 42.6 Å². The van der Waals surface area contributed by atoms with E-state index in [-0.39, 0.29) is 10.8 Å². The van der Waals surface area contributed by atoms with Gasteiger partial charge in [0.1, 0.15) is 5.75 Å². The van der Waals surface area contributed by atoms with Crippen LogP contribution in [-0.2, 0) is 10.0 Å². The molecule has 2 aromatic carbocycles. The van der Waals surface area contributed by atoms with Gasteiger partial charge in [0.25, 0.3) is 15.9 Å². The van der Waals surface area contributed by atoms with Gasteiger partial charge in [-0.25, -0.2) is 8.42 Å². The lowest BCUT2D eigenvalue weighted by atomic mass is 10.1. The molecule has 144 valence electrons. The highest BCUT2D eigenvalue weighted by atomic mass is 32.2. The van der Waals surface area contributed by atoms with Gasteiger partial charge in [0.15, 0.2) is 0 Å². The molecule has 8 heteroatoms. The Labute approximate surface area is 159 Å². The number of para-hydroxylation sites is 2. The lowest BCUT2D eigenvalue weighted by molar-refractivity contribution is 0.0787. The summed E-state index contributed by atoms with van der Waals surface area (Å²) in [6.07, 6.45) is 0.871. The Kier molecular flexibility index (Phi) is 5.67. The summed E-state index contributed by atoms with van der Waals surface area (Å²) in [6.45, 7) is 1.78. The van der Waals surface area contributed by atoms with Crippen LogP contribution in [0.1, 0.15) is 16.8 Å². The molecule has 1 saturated heterocycles. The van der Waals surface area contributed by atoms with Gasteiger partial charge in [-0.2, -0.15) is 0 Å². The highest BCUT2D eigenvalue weighted by Gasteiger charge is 2.27. The lowest BCUT2D eigenvalue weighted by Crippen LogP contribution is -2.30. The first-order chi connectivity index (χ1) is 12.9. The van der Waals surface area contributed by atoms with Crippen LogP contribution in [0, 0.1) is 5.92 Å². The van der Waals surface area contributed by atoms with E-state index in [1.54, 1.807) is 41.3 Å². The second-order valence-corrected chi connectivity index (χ2v) is 8.16. The number of rotatable bonds is 6. The van der Waals surface area contributed by atoms with E-state index >= 15 is 0 Å². The minimum atomic E-state index is -3.86. The Balaban J connectivity index is 1.83. The summed E-state index contributed by atoms with van der Waals surface area (Å²) in [5.74, 6) is 0.534. The molecule has 1 heterocycles. The molecule has 0 radical (unpaired) electrons. The number of anilines is 1. The summed E-state index contributed by atoms with van der Waals surface area (Å²) in [6, 6.07) is 12.8. The van der Waals surface area contributed by atoms with Gasteiger partial charge in [0.2, 0.25) is 0 Å². The van der Waals surface area contributed by atoms with Crippen molar-refractivity contribution in [2.24, 2.45) is 11.7 Å². The van der Waals surface area contributed by atoms with Crippen LogP contribution in [0.2, 0.25) is 0 Å². The molecule has 0 aliphatic carbocycles. The number of benzene rings is 2. The number of hydrogen-bond acceptors (Lipinski definition) is 5. The molecule has 7 nitrogen and oxygen atoms in total. The number of nitrogens with one attached hydrogen (secondary N) is 1. The van der Waals surface area contributed by atoms with E-state index < -0.39 is 10.0 Å². The molecule has 0 bridgehead atoms. The van der Waals surface area contributed by atoms with Crippen LogP contribution < -0.4 is 15.2 Å². The fourth-order valence-electron chi connectivity index (χ4n) is 3.12. The number of methoxy groups -OCH3 is 1. The van der Waals surface area contributed by atoms with Gasteiger partial charge in [0, 0.05) is 18.7 Å². The number of nitrogens with two attached hydrogens (primary N) is 1. The van der Waals surface area contributed by atoms with E-state index in [1.807, 2.05) is 0 Å². The predicted molar refractivity (Wildman–Crippen MR) is 103 cm³/mol. The lowest BCUT2D eigenvalue weighted by Gasteiger charge is -2.17. The predicted octanol–water partition coefficient (Wildman–Crippen LogP) is 1.92. The van der Waals surface area contributed by atoms with Gasteiger partial charge in [-0.15, -0.1) is 0 Å². The van der Waals surface area contributed by atoms with Crippen molar-refractivity contribution >= 4 is 21.6 Å². The molecule has 1 aliphatic rings.